The van der Waals surface area contributed by atoms with Crippen LogP contribution in [-0.2, 0) is 9.59 Å². The first kappa shape index (κ1) is 21.4. The van der Waals surface area contributed by atoms with Crippen molar-refractivity contribution >= 4 is 45.7 Å². The van der Waals surface area contributed by atoms with E-state index in [9.17, 15) is 14.4 Å². The number of nitrogens with zero attached hydrogens (tertiary/aromatic N) is 2. The summed E-state index contributed by atoms with van der Waals surface area (Å²) in [6.07, 6.45) is 5.88. The van der Waals surface area contributed by atoms with E-state index in [0.29, 0.717) is 30.4 Å². The lowest BCUT2D eigenvalue weighted by atomic mass is 10.0. The minimum Gasteiger partial charge on any atom is -0.493 e. The molecule has 7 heteroatoms. The largest absolute Gasteiger partial charge is 0.493 e. The lowest BCUT2D eigenvalue weighted by molar-refractivity contribution is -0.135. The molecule has 0 spiro atoms. The fourth-order valence-corrected chi connectivity index (χ4v) is 4.85. The molecule has 2 aliphatic rings. The Morgan fingerprint density at radius 3 is 2.55 bits per heavy atom. The van der Waals surface area contributed by atoms with E-state index in [4.69, 9.17) is 4.74 Å². The van der Waals surface area contributed by atoms with E-state index in [2.05, 4.69) is 0 Å². The predicted molar refractivity (Wildman–Crippen MR) is 123 cm³/mol. The molecule has 0 radical (unpaired) electrons. The van der Waals surface area contributed by atoms with Crippen LogP contribution in [0.2, 0.25) is 0 Å². The zero-order chi connectivity index (χ0) is 21.8. The first-order valence-corrected chi connectivity index (χ1v) is 11.6. The molecule has 162 valence electrons. The lowest BCUT2D eigenvalue weighted by Crippen LogP contribution is -2.42. The second-order valence-corrected chi connectivity index (χ2v) is 8.69. The molecule has 4 rings (SSSR count). The van der Waals surface area contributed by atoms with Gasteiger partial charge in [0.1, 0.15) is 12.3 Å². The molecule has 3 amide bonds. The maximum atomic E-state index is 13.0. The molecular formula is C24H26N2O4S. The van der Waals surface area contributed by atoms with E-state index in [1.165, 1.54) is 0 Å². The van der Waals surface area contributed by atoms with Gasteiger partial charge < -0.3 is 9.64 Å². The summed E-state index contributed by atoms with van der Waals surface area (Å²) in [5, 5.41) is 1.56. The summed E-state index contributed by atoms with van der Waals surface area (Å²) in [5.74, 6) is 0.0767. The molecule has 0 bridgehead atoms. The van der Waals surface area contributed by atoms with Crippen molar-refractivity contribution in [1.29, 1.82) is 0 Å². The normalized spacial score (nSPS) is 18.7. The number of hydrogen-bond acceptors (Lipinski definition) is 5. The quantitative estimate of drug-likeness (QED) is 0.634. The number of rotatable bonds is 5. The maximum absolute atomic E-state index is 13.0. The van der Waals surface area contributed by atoms with Crippen LogP contribution in [0.3, 0.4) is 0 Å². The van der Waals surface area contributed by atoms with Gasteiger partial charge in [0, 0.05) is 18.7 Å². The highest BCUT2D eigenvalue weighted by molar-refractivity contribution is 8.18. The van der Waals surface area contributed by atoms with Crippen LogP contribution in [0.25, 0.3) is 16.8 Å². The summed E-state index contributed by atoms with van der Waals surface area (Å²) >= 11 is 0.877. The van der Waals surface area contributed by atoms with Crippen molar-refractivity contribution in [2.45, 2.75) is 32.6 Å². The third-order valence-corrected chi connectivity index (χ3v) is 6.54. The van der Waals surface area contributed by atoms with Crippen LogP contribution in [0.4, 0.5) is 4.79 Å². The van der Waals surface area contributed by atoms with E-state index in [1.54, 1.807) is 11.0 Å². The van der Waals surface area contributed by atoms with Gasteiger partial charge in [-0.2, -0.15) is 0 Å². The number of fused-ring (bicyclic) bond motifs is 1. The fourth-order valence-electron chi connectivity index (χ4n) is 4.03. The minimum atomic E-state index is -0.423. The number of ether oxygens (including phenoxy) is 1. The lowest BCUT2D eigenvalue weighted by Gasteiger charge is -2.22. The summed E-state index contributed by atoms with van der Waals surface area (Å²) in [4.78, 5) is 41.4. The summed E-state index contributed by atoms with van der Waals surface area (Å²) < 4.78 is 5.78. The van der Waals surface area contributed by atoms with Gasteiger partial charge in [-0.05, 0) is 54.4 Å². The van der Waals surface area contributed by atoms with Crippen LogP contribution < -0.4 is 4.74 Å². The third-order valence-electron chi connectivity index (χ3n) is 5.63. The van der Waals surface area contributed by atoms with Gasteiger partial charge in [-0.1, -0.05) is 43.2 Å². The van der Waals surface area contributed by atoms with Gasteiger partial charge in [0.15, 0.2) is 0 Å². The highest BCUT2D eigenvalue weighted by Gasteiger charge is 2.37. The summed E-state index contributed by atoms with van der Waals surface area (Å²) in [6, 6.07) is 11.7. The van der Waals surface area contributed by atoms with Gasteiger partial charge in [0.05, 0.1) is 11.5 Å². The van der Waals surface area contributed by atoms with Crippen molar-refractivity contribution < 1.29 is 19.1 Å². The van der Waals surface area contributed by atoms with E-state index in [1.807, 2.05) is 43.3 Å². The smallest absolute Gasteiger partial charge is 0.294 e. The van der Waals surface area contributed by atoms with E-state index in [-0.39, 0.29) is 12.5 Å². The molecule has 0 unspecified atom stereocenters. The van der Waals surface area contributed by atoms with E-state index in [0.717, 1.165) is 58.7 Å². The number of amides is 3. The van der Waals surface area contributed by atoms with Gasteiger partial charge in [-0.3, -0.25) is 19.3 Å². The first-order chi connectivity index (χ1) is 15.1. The molecular weight excluding hydrogens is 412 g/mol. The predicted octanol–water partition coefficient (Wildman–Crippen LogP) is 4.68. The van der Waals surface area contributed by atoms with Crippen molar-refractivity contribution in [2.24, 2.45) is 0 Å². The number of likely N-dealkylation sites (tertiary alicyclic amines) is 1. The Bertz CT molecular complexity index is 1040. The van der Waals surface area contributed by atoms with Gasteiger partial charge >= 0.3 is 0 Å². The van der Waals surface area contributed by atoms with Crippen molar-refractivity contribution in [3.05, 3.63) is 46.9 Å². The Balaban J connectivity index is 1.60. The summed E-state index contributed by atoms with van der Waals surface area (Å²) in [5.41, 5.74) is 0.768. The number of thioether (sulfide) groups is 1. The van der Waals surface area contributed by atoms with Crippen LogP contribution in [0.1, 0.15) is 38.2 Å². The number of carbonyl (C=O) groups excluding carboxylic acids is 3. The Morgan fingerprint density at radius 2 is 1.81 bits per heavy atom. The highest BCUT2D eigenvalue weighted by Crippen LogP contribution is 2.36. The summed E-state index contributed by atoms with van der Waals surface area (Å²) in [6.45, 7) is 3.58. The molecule has 2 fully saturated rings. The average Bonchev–Trinajstić information content (AvgIpc) is 2.97. The molecule has 0 atom stereocenters. The number of imide groups is 1. The minimum absolute atomic E-state index is 0.161. The number of carbonyl (C=O) groups is 3. The SMILES string of the molecule is CCOc1ccc2ccccc2c1/C=C1\SC(=O)N(CC(=O)N2CCCCCC2)C1=O. The molecule has 6 nitrogen and oxygen atoms in total. The Kier molecular flexibility index (Phi) is 6.61. The van der Waals surface area contributed by atoms with Gasteiger partial charge in [-0.25, -0.2) is 0 Å². The molecule has 0 aliphatic carbocycles. The average molecular weight is 439 g/mol. The molecule has 2 aromatic rings. The molecule has 31 heavy (non-hydrogen) atoms. The van der Waals surface area contributed by atoms with Crippen LogP contribution in [0, 0.1) is 0 Å². The Labute approximate surface area is 186 Å². The second kappa shape index (κ2) is 9.56. The van der Waals surface area contributed by atoms with Crippen LogP contribution in [0.15, 0.2) is 41.3 Å². The fraction of sp³-hybridized carbons (Fsp3) is 0.375. The Morgan fingerprint density at radius 1 is 1.06 bits per heavy atom. The highest BCUT2D eigenvalue weighted by atomic mass is 32.2. The molecule has 2 saturated heterocycles. The van der Waals surface area contributed by atoms with E-state index < -0.39 is 11.1 Å². The monoisotopic (exact) mass is 438 g/mol. The number of hydrogen-bond donors (Lipinski definition) is 0. The van der Waals surface area contributed by atoms with Gasteiger partial charge in [0.2, 0.25) is 5.91 Å². The molecule has 2 aliphatic heterocycles. The first-order valence-electron chi connectivity index (χ1n) is 10.8. The van der Waals surface area contributed by atoms with Crippen molar-refractivity contribution in [3.8, 4) is 5.75 Å². The molecule has 0 N–H and O–H groups in total. The molecule has 0 aromatic heterocycles. The standard InChI is InChI=1S/C24H26N2O4S/c1-2-30-20-12-11-17-9-5-6-10-18(17)19(20)15-21-23(28)26(24(29)31-21)16-22(27)25-13-7-3-4-8-14-25/h5-6,9-12,15H,2-4,7-8,13-14,16H2,1H3/b21-15-. The molecule has 0 saturated carbocycles. The van der Waals surface area contributed by atoms with Crippen molar-refractivity contribution in [3.63, 3.8) is 0 Å². The van der Waals surface area contributed by atoms with Crippen molar-refractivity contribution in [1.82, 2.24) is 9.80 Å². The Hall–Kier alpha value is -2.80. The zero-order valence-corrected chi connectivity index (χ0v) is 18.5. The third kappa shape index (κ3) is 4.61. The van der Waals surface area contributed by atoms with Crippen LogP contribution in [0.5, 0.6) is 5.75 Å². The molecule has 2 aromatic carbocycles. The zero-order valence-electron chi connectivity index (χ0n) is 17.6. The maximum Gasteiger partial charge on any atom is 0.294 e. The van der Waals surface area contributed by atoms with E-state index >= 15 is 0 Å². The van der Waals surface area contributed by atoms with Crippen molar-refractivity contribution in [2.75, 3.05) is 26.2 Å². The van der Waals surface area contributed by atoms with Crippen LogP contribution in [-0.4, -0.2) is 53.1 Å². The second-order valence-electron chi connectivity index (χ2n) is 7.69. The molecule has 2 heterocycles. The summed E-state index contributed by atoms with van der Waals surface area (Å²) in [7, 11) is 0. The van der Waals surface area contributed by atoms with Crippen LogP contribution >= 0.6 is 11.8 Å². The van der Waals surface area contributed by atoms with Gasteiger partial charge in [0.25, 0.3) is 11.1 Å². The van der Waals surface area contributed by atoms with Gasteiger partial charge in [-0.15, -0.1) is 0 Å². The number of benzene rings is 2. The topological polar surface area (TPSA) is 66.9 Å².